The average molecular weight is 538 g/mol. The molecular weight excluding hydrogens is 522 g/mol. The molecule has 0 fully saturated rings. The second kappa shape index (κ2) is 9.76. The fourth-order valence-corrected chi connectivity index (χ4v) is 3.82. The van der Waals surface area contributed by atoms with Gasteiger partial charge < -0.3 is 10.6 Å². The number of halogens is 4. The van der Waals surface area contributed by atoms with Crippen LogP contribution in [0.2, 0.25) is 5.02 Å². The summed E-state index contributed by atoms with van der Waals surface area (Å²) < 4.78 is 31.0. The zero-order chi connectivity index (χ0) is 22.7. The van der Waals surface area contributed by atoms with Gasteiger partial charge in [0, 0.05) is 23.0 Å². The van der Waals surface area contributed by atoms with Crippen molar-refractivity contribution in [3.8, 4) is 0 Å². The summed E-state index contributed by atoms with van der Waals surface area (Å²) in [6, 6.07) is 10.8. The van der Waals surface area contributed by atoms with Gasteiger partial charge in [0.15, 0.2) is 10.9 Å². The summed E-state index contributed by atoms with van der Waals surface area (Å²) in [6.07, 6.45) is 5.12. The quantitative estimate of drug-likeness (QED) is 0.310. The third-order valence-corrected chi connectivity index (χ3v) is 5.62. The van der Waals surface area contributed by atoms with Gasteiger partial charge in [0.1, 0.15) is 11.6 Å². The van der Waals surface area contributed by atoms with Crippen LogP contribution in [-0.4, -0.2) is 24.7 Å². The minimum Gasteiger partial charge on any atom is -0.330 e. The Morgan fingerprint density at radius 2 is 1.81 bits per heavy atom. The molecular formula is C21H16BrClF2N6S. The first kappa shape index (κ1) is 22.4. The third-order valence-electron chi connectivity index (χ3n) is 4.48. The zero-order valence-electron chi connectivity index (χ0n) is 16.4. The van der Waals surface area contributed by atoms with Crippen molar-refractivity contribution in [2.45, 2.75) is 13.1 Å². The van der Waals surface area contributed by atoms with Crippen molar-refractivity contribution in [3.05, 3.63) is 93.3 Å². The number of benzene rings is 2. The minimum atomic E-state index is -0.395. The highest BCUT2D eigenvalue weighted by Crippen LogP contribution is 2.24. The molecule has 0 aliphatic rings. The second-order valence-electron chi connectivity index (χ2n) is 6.86. The van der Waals surface area contributed by atoms with Gasteiger partial charge in [-0.3, -0.25) is 9.36 Å². The highest BCUT2D eigenvalue weighted by Gasteiger charge is 2.13. The van der Waals surface area contributed by atoms with Crippen LogP contribution in [0.3, 0.4) is 0 Å². The van der Waals surface area contributed by atoms with Crippen LogP contribution >= 0.6 is 39.7 Å². The molecule has 4 rings (SSSR count). The van der Waals surface area contributed by atoms with Gasteiger partial charge in [-0.05, 0) is 58.0 Å². The van der Waals surface area contributed by atoms with Gasteiger partial charge in [0.05, 0.1) is 29.4 Å². The predicted octanol–water partition coefficient (Wildman–Crippen LogP) is 5.68. The fraction of sp³-hybridized carbons (Fsp3) is 0.0952. The number of anilines is 2. The normalized spacial score (nSPS) is 10.9. The molecule has 0 aliphatic carbocycles. The summed E-state index contributed by atoms with van der Waals surface area (Å²) in [5, 5.41) is 15.3. The standard InChI is InChI=1S/C21H16BrClF2N6S/c22-17-12-31(11-16-18(23)2-1-3-19(16)25)29-20(17)28-21(32)27-15-8-26-30(10-15)9-13-4-6-14(24)7-5-13/h1-8,10,12H,9,11H2,(H2,27,28,29,32). The Labute approximate surface area is 201 Å². The Balaban J connectivity index is 1.37. The van der Waals surface area contributed by atoms with Crippen LogP contribution in [-0.2, 0) is 13.1 Å². The first-order chi connectivity index (χ1) is 15.4. The number of nitrogens with zero attached hydrogens (tertiary/aromatic N) is 4. The van der Waals surface area contributed by atoms with Gasteiger partial charge in [-0.2, -0.15) is 10.2 Å². The molecule has 0 radical (unpaired) electrons. The molecule has 0 bridgehead atoms. The van der Waals surface area contributed by atoms with Crippen molar-refractivity contribution in [2.75, 3.05) is 10.6 Å². The molecule has 0 saturated carbocycles. The molecule has 6 nitrogen and oxygen atoms in total. The molecule has 2 aromatic carbocycles. The summed E-state index contributed by atoms with van der Waals surface area (Å²) in [4.78, 5) is 0. The minimum absolute atomic E-state index is 0.169. The molecule has 0 aliphatic heterocycles. The Morgan fingerprint density at radius 3 is 2.56 bits per heavy atom. The fourth-order valence-electron chi connectivity index (χ4n) is 2.97. The molecule has 2 N–H and O–H groups in total. The van der Waals surface area contributed by atoms with Crippen LogP contribution in [0.25, 0.3) is 0 Å². The van der Waals surface area contributed by atoms with Crippen molar-refractivity contribution in [3.63, 3.8) is 0 Å². The highest BCUT2D eigenvalue weighted by molar-refractivity contribution is 9.10. The van der Waals surface area contributed by atoms with Crippen LogP contribution in [0.4, 0.5) is 20.3 Å². The Morgan fingerprint density at radius 1 is 1.03 bits per heavy atom. The van der Waals surface area contributed by atoms with Crippen molar-refractivity contribution in [1.82, 2.24) is 19.6 Å². The largest absolute Gasteiger partial charge is 0.330 e. The molecule has 0 spiro atoms. The first-order valence-electron chi connectivity index (χ1n) is 9.38. The number of nitrogens with one attached hydrogen (secondary N) is 2. The van der Waals surface area contributed by atoms with Gasteiger partial charge in [-0.1, -0.05) is 29.8 Å². The van der Waals surface area contributed by atoms with Gasteiger partial charge >= 0.3 is 0 Å². The van der Waals surface area contributed by atoms with Crippen molar-refractivity contribution in [2.24, 2.45) is 0 Å². The van der Waals surface area contributed by atoms with Crippen LogP contribution in [0, 0.1) is 11.6 Å². The summed E-state index contributed by atoms with van der Waals surface area (Å²) >= 11 is 14.9. The lowest BCUT2D eigenvalue weighted by molar-refractivity contribution is 0.586. The molecule has 11 heteroatoms. The topological polar surface area (TPSA) is 59.7 Å². The van der Waals surface area contributed by atoms with E-state index in [1.165, 1.54) is 18.2 Å². The van der Waals surface area contributed by atoms with Crippen molar-refractivity contribution < 1.29 is 8.78 Å². The van der Waals surface area contributed by atoms with E-state index in [1.54, 1.807) is 52.2 Å². The molecule has 2 aromatic heterocycles. The Bertz CT molecular complexity index is 1240. The smallest absolute Gasteiger partial charge is 0.176 e. The maximum atomic E-state index is 14.0. The Hall–Kier alpha value is -2.82. The maximum absolute atomic E-state index is 14.0. The SMILES string of the molecule is Fc1ccc(Cn2cc(NC(=S)Nc3nn(Cc4c(F)cccc4Cl)cc3Br)cn2)cc1. The van der Waals surface area contributed by atoms with Gasteiger partial charge in [-0.15, -0.1) is 0 Å². The molecule has 4 aromatic rings. The van der Waals surface area contributed by atoms with Crippen LogP contribution < -0.4 is 10.6 Å². The molecule has 2 heterocycles. The van der Waals surface area contributed by atoms with E-state index in [9.17, 15) is 8.78 Å². The van der Waals surface area contributed by atoms with E-state index in [2.05, 4.69) is 36.8 Å². The molecule has 32 heavy (non-hydrogen) atoms. The monoisotopic (exact) mass is 536 g/mol. The summed E-state index contributed by atoms with van der Waals surface area (Å²) in [5.74, 6) is -0.208. The van der Waals surface area contributed by atoms with E-state index in [4.69, 9.17) is 23.8 Å². The zero-order valence-corrected chi connectivity index (χ0v) is 19.6. The van der Waals surface area contributed by atoms with Crippen LogP contribution in [0.15, 0.2) is 65.5 Å². The molecule has 164 valence electrons. The molecule has 0 atom stereocenters. The van der Waals surface area contributed by atoms with Gasteiger partial charge in [-0.25, -0.2) is 8.78 Å². The predicted molar refractivity (Wildman–Crippen MR) is 128 cm³/mol. The maximum Gasteiger partial charge on any atom is 0.176 e. The number of hydrogen-bond donors (Lipinski definition) is 2. The summed E-state index contributed by atoms with van der Waals surface area (Å²) in [5.41, 5.74) is 1.95. The van der Waals surface area contributed by atoms with Crippen molar-refractivity contribution >= 4 is 56.4 Å². The first-order valence-corrected chi connectivity index (χ1v) is 11.0. The molecule has 0 saturated heterocycles. The molecule has 0 amide bonds. The number of rotatable bonds is 6. The van der Waals surface area contributed by atoms with E-state index in [0.717, 1.165) is 5.56 Å². The van der Waals surface area contributed by atoms with Crippen LogP contribution in [0.1, 0.15) is 11.1 Å². The second-order valence-corrected chi connectivity index (χ2v) is 8.53. The third kappa shape index (κ3) is 5.50. The van der Waals surface area contributed by atoms with E-state index in [-0.39, 0.29) is 12.4 Å². The average Bonchev–Trinajstić information content (AvgIpc) is 3.32. The lowest BCUT2D eigenvalue weighted by atomic mass is 10.2. The highest BCUT2D eigenvalue weighted by atomic mass is 79.9. The lowest BCUT2D eigenvalue weighted by Crippen LogP contribution is -2.19. The van der Waals surface area contributed by atoms with Gasteiger partial charge in [0.2, 0.25) is 0 Å². The van der Waals surface area contributed by atoms with E-state index >= 15 is 0 Å². The molecule has 0 unspecified atom stereocenters. The van der Waals surface area contributed by atoms with Crippen LogP contribution in [0.5, 0.6) is 0 Å². The number of aromatic nitrogens is 4. The Kier molecular flexibility index (Phi) is 6.83. The lowest BCUT2D eigenvalue weighted by Gasteiger charge is -2.08. The number of thiocarbonyl (C=S) groups is 1. The van der Waals surface area contributed by atoms with E-state index in [0.29, 0.717) is 38.2 Å². The van der Waals surface area contributed by atoms with E-state index in [1.807, 2.05) is 0 Å². The summed E-state index contributed by atoms with van der Waals surface area (Å²) in [6.45, 7) is 0.666. The van der Waals surface area contributed by atoms with E-state index < -0.39 is 5.82 Å². The van der Waals surface area contributed by atoms with Crippen molar-refractivity contribution in [1.29, 1.82) is 0 Å². The van der Waals surface area contributed by atoms with Gasteiger partial charge in [0.25, 0.3) is 0 Å². The number of hydrogen-bond acceptors (Lipinski definition) is 3. The summed E-state index contributed by atoms with van der Waals surface area (Å²) in [7, 11) is 0.